The minimum absolute atomic E-state index is 0.194. The monoisotopic (exact) mass is 329 g/mol. The van der Waals surface area contributed by atoms with Crippen LogP contribution in [0.1, 0.15) is 49.4 Å². The highest BCUT2D eigenvalue weighted by atomic mass is 16.2. The first-order valence-electron chi connectivity index (χ1n) is 9.53. The summed E-state index contributed by atoms with van der Waals surface area (Å²) in [5.41, 5.74) is 2.02. The quantitative estimate of drug-likeness (QED) is 0.802. The smallest absolute Gasteiger partial charge is 0.253 e. The summed E-state index contributed by atoms with van der Waals surface area (Å²) in [6.45, 7) is 7.59. The van der Waals surface area contributed by atoms with Gasteiger partial charge in [0.2, 0.25) is 0 Å². The van der Waals surface area contributed by atoms with Gasteiger partial charge in [-0.05, 0) is 63.0 Å². The van der Waals surface area contributed by atoms with Gasteiger partial charge in [-0.1, -0.05) is 13.3 Å². The molecule has 0 radical (unpaired) electrons. The Morgan fingerprint density at radius 2 is 1.79 bits per heavy atom. The average Bonchev–Trinajstić information content (AvgIpc) is 2.58. The number of benzene rings is 1. The first kappa shape index (κ1) is 17.3. The molecule has 2 fully saturated rings. The van der Waals surface area contributed by atoms with Crippen molar-refractivity contribution in [2.45, 2.75) is 45.1 Å². The Labute approximate surface area is 146 Å². The first-order chi connectivity index (χ1) is 11.7. The highest BCUT2D eigenvalue weighted by molar-refractivity contribution is 5.94. The minimum atomic E-state index is 0.194. The maximum Gasteiger partial charge on any atom is 0.253 e. The van der Waals surface area contributed by atoms with Crippen LogP contribution in [0.3, 0.4) is 0 Å². The van der Waals surface area contributed by atoms with Gasteiger partial charge in [-0.25, -0.2) is 0 Å². The van der Waals surface area contributed by atoms with Crippen LogP contribution < -0.4 is 4.90 Å². The number of likely N-dealkylation sites (tertiary alicyclic amines) is 2. The Balaban J connectivity index is 1.53. The van der Waals surface area contributed by atoms with Crippen LogP contribution in [0.25, 0.3) is 0 Å². The van der Waals surface area contributed by atoms with E-state index >= 15 is 0 Å². The summed E-state index contributed by atoms with van der Waals surface area (Å²) in [4.78, 5) is 19.6. The van der Waals surface area contributed by atoms with Gasteiger partial charge in [-0.2, -0.15) is 0 Å². The maximum atomic E-state index is 12.7. The molecular formula is C20H31N3O. The van der Waals surface area contributed by atoms with Gasteiger partial charge < -0.3 is 14.7 Å². The van der Waals surface area contributed by atoms with Gasteiger partial charge in [-0.15, -0.1) is 0 Å². The van der Waals surface area contributed by atoms with E-state index in [0.29, 0.717) is 6.04 Å². The van der Waals surface area contributed by atoms with Crippen molar-refractivity contribution in [3.05, 3.63) is 29.8 Å². The van der Waals surface area contributed by atoms with Crippen molar-refractivity contribution in [1.82, 2.24) is 9.80 Å². The van der Waals surface area contributed by atoms with E-state index in [1.807, 2.05) is 17.0 Å². The highest BCUT2D eigenvalue weighted by Gasteiger charge is 2.29. The molecule has 0 spiro atoms. The second-order valence-electron chi connectivity index (χ2n) is 7.23. The number of carbonyl (C=O) groups excluding carboxylic acids is 1. The van der Waals surface area contributed by atoms with Crippen LogP contribution in [0.4, 0.5) is 5.69 Å². The molecule has 0 aliphatic carbocycles. The van der Waals surface area contributed by atoms with E-state index in [1.54, 1.807) is 0 Å². The van der Waals surface area contributed by atoms with E-state index in [2.05, 4.69) is 35.9 Å². The van der Waals surface area contributed by atoms with E-state index in [0.717, 1.165) is 38.0 Å². The van der Waals surface area contributed by atoms with Gasteiger partial charge in [-0.3, -0.25) is 4.79 Å². The van der Waals surface area contributed by atoms with Crippen molar-refractivity contribution in [2.75, 3.05) is 44.7 Å². The number of anilines is 1. The molecule has 2 saturated heterocycles. The second kappa shape index (κ2) is 8.02. The predicted molar refractivity (Wildman–Crippen MR) is 99.7 cm³/mol. The molecule has 1 amide bonds. The van der Waals surface area contributed by atoms with E-state index in [4.69, 9.17) is 0 Å². The van der Waals surface area contributed by atoms with Crippen molar-refractivity contribution in [2.24, 2.45) is 0 Å². The third-order valence-electron chi connectivity index (χ3n) is 5.56. The summed E-state index contributed by atoms with van der Waals surface area (Å²) in [5.74, 6) is 0.194. The van der Waals surface area contributed by atoms with Gasteiger partial charge in [0.05, 0.1) is 0 Å². The molecule has 3 rings (SSSR count). The Morgan fingerprint density at radius 3 is 2.33 bits per heavy atom. The predicted octanol–water partition coefficient (Wildman–Crippen LogP) is 3.23. The third kappa shape index (κ3) is 3.92. The number of hydrogen-bond acceptors (Lipinski definition) is 3. The summed E-state index contributed by atoms with van der Waals surface area (Å²) < 4.78 is 0. The molecule has 0 saturated carbocycles. The molecule has 0 bridgehead atoms. The number of unbranched alkanes of at least 4 members (excludes halogenated alkanes) is 1. The average molecular weight is 329 g/mol. The molecule has 4 heteroatoms. The van der Waals surface area contributed by atoms with Crippen LogP contribution in [0.2, 0.25) is 0 Å². The molecule has 2 heterocycles. The first-order valence-corrected chi connectivity index (χ1v) is 9.53. The Bertz CT molecular complexity index is 530. The largest absolute Gasteiger partial charge is 0.375 e. The Kier molecular flexibility index (Phi) is 5.77. The fourth-order valence-electron chi connectivity index (χ4n) is 3.71. The molecule has 132 valence electrons. The van der Waals surface area contributed by atoms with Crippen LogP contribution in [0.5, 0.6) is 0 Å². The zero-order chi connectivity index (χ0) is 16.9. The minimum Gasteiger partial charge on any atom is -0.375 e. The zero-order valence-corrected chi connectivity index (χ0v) is 15.2. The lowest BCUT2D eigenvalue weighted by Crippen LogP contribution is -2.51. The van der Waals surface area contributed by atoms with Crippen LogP contribution in [-0.2, 0) is 0 Å². The fraction of sp³-hybridized carbons (Fsp3) is 0.650. The number of amides is 1. The molecule has 0 N–H and O–H groups in total. The molecule has 1 aromatic carbocycles. The maximum absolute atomic E-state index is 12.7. The number of carbonyl (C=O) groups is 1. The number of piperidine rings is 1. The molecule has 0 aromatic heterocycles. The van der Waals surface area contributed by atoms with Crippen molar-refractivity contribution >= 4 is 11.6 Å². The summed E-state index contributed by atoms with van der Waals surface area (Å²) in [7, 11) is 2.12. The molecule has 0 atom stereocenters. The number of rotatable bonds is 6. The number of hydrogen-bond donors (Lipinski definition) is 0. The van der Waals surface area contributed by atoms with Crippen LogP contribution >= 0.6 is 0 Å². The van der Waals surface area contributed by atoms with E-state index in [9.17, 15) is 4.79 Å². The van der Waals surface area contributed by atoms with Crippen molar-refractivity contribution in [1.29, 1.82) is 0 Å². The lowest BCUT2D eigenvalue weighted by molar-refractivity contribution is 0.0489. The van der Waals surface area contributed by atoms with Crippen molar-refractivity contribution in [3.63, 3.8) is 0 Å². The molecule has 24 heavy (non-hydrogen) atoms. The standard InChI is InChI=1S/C20H31N3O/c1-3-4-12-21(2)18-8-6-17(7-9-18)20(24)23-15-10-19(11-16-23)22-13-5-14-22/h6-9,19H,3-5,10-16H2,1-2H3. The summed E-state index contributed by atoms with van der Waals surface area (Å²) >= 11 is 0. The van der Waals surface area contributed by atoms with Gasteiger partial charge in [0.15, 0.2) is 0 Å². The molecule has 2 aliphatic rings. The lowest BCUT2D eigenvalue weighted by Gasteiger charge is -2.43. The third-order valence-corrected chi connectivity index (χ3v) is 5.56. The van der Waals surface area contributed by atoms with Gasteiger partial charge in [0.25, 0.3) is 5.91 Å². The van der Waals surface area contributed by atoms with Gasteiger partial charge >= 0.3 is 0 Å². The van der Waals surface area contributed by atoms with Crippen LogP contribution in [-0.4, -0.2) is 61.5 Å². The Hall–Kier alpha value is -1.55. The normalized spacial score (nSPS) is 19.2. The zero-order valence-electron chi connectivity index (χ0n) is 15.2. The Morgan fingerprint density at radius 1 is 1.12 bits per heavy atom. The van der Waals surface area contributed by atoms with Gasteiger partial charge in [0.1, 0.15) is 0 Å². The lowest BCUT2D eigenvalue weighted by atomic mass is 9.99. The molecule has 0 unspecified atom stereocenters. The molecule has 4 nitrogen and oxygen atoms in total. The summed E-state index contributed by atoms with van der Waals surface area (Å²) in [6.07, 6.45) is 6.00. The fourth-order valence-corrected chi connectivity index (χ4v) is 3.71. The number of nitrogens with zero attached hydrogens (tertiary/aromatic N) is 3. The molecule has 1 aromatic rings. The van der Waals surface area contributed by atoms with Gasteiger partial charge in [0, 0.05) is 44.0 Å². The van der Waals surface area contributed by atoms with Crippen molar-refractivity contribution in [3.8, 4) is 0 Å². The van der Waals surface area contributed by atoms with E-state index in [1.165, 1.54) is 38.0 Å². The SMILES string of the molecule is CCCCN(C)c1ccc(C(=O)N2CCC(N3CCC3)CC2)cc1. The summed E-state index contributed by atoms with van der Waals surface area (Å²) in [5, 5.41) is 0. The van der Waals surface area contributed by atoms with Crippen molar-refractivity contribution < 1.29 is 4.79 Å². The summed E-state index contributed by atoms with van der Waals surface area (Å²) in [6, 6.07) is 8.84. The van der Waals surface area contributed by atoms with Crippen LogP contribution in [0, 0.1) is 0 Å². The molecule has 2 aliphatic heterocycles. The van der Waals surface area contributed by atoms with E-state index in [-0.39, 0.29) is 5.91 Å². The second-order valence-corrected chi connectivity index (χ2v) is 7.23. The van der Waals surface area contributed by atoms with Crippen LogP contribution in [0.15, 0.2) is 24.3 Å². The molecular weight excluding hydrogens is 298 g/mol. The highest BCUT2D eigenvalue weighted by Crippen LogP contribution is 2.23. The van der Waals surface area contributed by atoms with E-state index < -0.39 is 0 Å². The topological polar surface area (TPSA) is 26.8 Å².